The van der Waals surface area contributed by atoms with Crippen molar-refractivity contribution in [3.63, 3.8) is 0 Å². The first-order valence-corrected chi connectivity index (χ1v) is 14.0. The summed E-state index contributed by atoms with van der Waals surface area (Å²) in [5, 5.41) is 19.1. The minimum Gasteiger partial charge on any atom is -0.506 e. The zero-order valence-corrected chi connectivity index (χ0v) is 22.8. The van der Waals surface area contributed by atoms with Crippen molar-refractivity contribution in [1.82, 2.24) is 9.62 Å². The second-order valence-electron chi connectivity index (χ2n) is 9.59. The first-order chi connectivity index (χ1) is 17.7. The van der Waals surface area contributed by atoms with Gasteiger partial charge in [0.2, 0.25) is 10.0 Å². The number of thioether (sulfide) groups is 1. The van der Waals surface area contributed by atoms with E-state index >= 15 is 0 Å². The Kier molecular flexibility index (Phi) is 8.95. The SMILES string of the molecule is C=CCOC(=O)N1C[C@@H](SC(=O)OC(C)(C)C)C[C@H]1CNS(=O)(=O)c1cc(C(=O)O)c(O)c2ccccc12. The number of nitrogens with zero attached hydrogens (tertiary/aromatic N) is 1. The number of carbonyl (C=O) groups excluding carboxylic acids is 2. The number of carboxylic acids is 1. The van der Waals surface area contributed by atoms with Crippen molar-refractivity contribution in [2.24, 2.45) is 0 Å². The van der Waals surface area contributed by atoms with E-state index in [1.807, 2.05) is 0 Å². The van der Waals surface area contributed by atoms with Crippen molar-refractivity contribution in [1.29, 1.82) is 0 Å². The molecule has 1 fully saturated rings. The van der Waals surface area contributed by atoms with Gasteiger partial charge in [-0.15, -0.1) is 0 Å². The molecule has 1 heterocycles. The number of hydrogen-bond acceptors (Lipinski definition) is 9. The lowest BCUT2D eigenvalue weighted by molar-refractivity contribution is 0.0691. The van der Waals surface area contributed by atoms with Crippen LogP contribution in [0.15, 0.2) is 47.9 Å². The van der Waals surface area contributed by atoms with Crippen LogP contribution in [0.3, 0.4) is 0 Å². The average Bonchev–Trinajstić information content (AvgIpc) is 3.22. The van der Waals surface area contributed by atoms with E-state index in [2.05, 4.69) is 11.3 Å². The van der Waals surface area contributed by atoms with E-state index in [0.29, 0.717) is 0 Å². The summed E-state index contributed by atoms with van der Waals surface area (Å²) < 4.78 is 39.6. The fourth-order valence-corrected chi connectivity index (χ4v) is 6.43. The van der Waals surface area contributed by atoms with Crippen LogP contribution in [0.25, 0.3) is 10.8 Å². The lowest BCUT2D eigenvalue weighted by atomic mass is 10.1. The monoisotopic (exact) mass is 566 g/mol. The number of ether oxygens (including phenoxy) is 2. The molecule has 0 radical (unpaired) electrons. The number of sulfonamides is 1. The van der Waals surface area contributed by atoms with Crippen LogP contribution in [-0.2, 0) is 19.5 Å². The molecule has 0 aromatic heterocycles. The smallest absolute Gasteiger partial charge is 0.410 e. The second kappa shape index (κ2) is 11.6. The molecule has 38 heavy (non-hydrogen) atoms. The van der Waals surface area contributed by atoms with E-state index in [-0.39, 0.29) is 47.0 Å². The molecule has 2 atom stereocenters. The highest BCUT2D eigenvalue weighted by molar-refractivity contribution is 8.13. The molecular weight excluding hydrogens is 536 g/mol. The molecule has 13 heteroatoms. The normalized spacial score (nSPS) is 17.8. The molecule has 0 aliphatic carbocycles. The van der Waals surface area contributed by atoms with Crippen LogP contribution in [0.4, 0.5) is 9.59 Å². The summed E-state index contributed by atoms with van der Waals surface area (Å²) in [6.07, 6.45) is 0.977. The number of phenols is 1. The molecule has 3 rings (SSSR count). The second-order valence-corrected chi connectivity index (χ2v) is 12.6. The third-order valence-electron chi connectivity index (χ3n) is 5.59. The van der Waals surface area contributed by atoms with Crippen LogP contribution in [0, 0.1) is 0 Å². The summed E-state index contributed by atoms with van der Waals surface area (Å²) in [5.41, 5.74) is -1.25. The van der Waals surface area contributed by atoms with Crippen LogP contribution in [0.5, 0.6) is 5.75 Å². The molecule has 1 amide bonds. The zero-order chi connectivity index (χ0) is 28.3. The molecular formula is C25H30N2O9S2. The zero-order valence-electron chi connectivity index (χ0n) is 21.2. The molecule has 0 spiro atoms. The van der Waals surface area contributed by atoms with Crippen molar-refractivity contribution in [3.05, 3.63) is 48.6 Å². The van der Waals surface area contributed by atoms with Crippen LogP contribution >= 0.6 is 11.8 Å². The fourth-order valence-electron chi connectivity index (χ4n) is 4.00. The van der Waals surface area contributed by atoms with Gasteiger partial charge in [-0.05, 0) is 45.0 Å². The van der Waals surface area contributed by atoms with Crippen LogP contribution in [0.1, 0.15) is 37.6 Å². The maximum absolute atomic E-state index is 13.3. The summed E-state index contributed by atoms with van der Waals surface area (Å²) in [5.74, 6) is -2.03. The lowest BCUT2D eigenvalue weighted by Crippen LogP contribution is -2.43. The van der Waals surface area contributed by atoms with Gasteiger partial charge >= 0.3 is 17.4 Å². The number of carboxylic acid groups (broad SMARTS) is 1. The van der Waals surface area contributed by atoms with Gasteiger partial charge in [-0.3, -0.25) is 0 Å². The molecule has 1 saturated heterocycles. The Balaban J connectivity index is 1.85. The molecule has 0 unspecified atom stereocenters. The molecule has 0 bridgehead atoms. The Morgan fingerprint density at radius 1 is 1.24 bits per heavy atom. The van der Waals surface area contributed by atoms with Crippen molar-refractivity contribution < 1.29 is 42.5 Å². The largest absolute Gasteiger partial charge is 0.506 e. The topological polar surface area (TPSA) is 160 Å². The van der Waals surface area contributed by atoms with Gasteiger partial charge in [-0.25, -0.2) is 27.5 Å². The van der Waals surface area contributed by atoms with Gasteiger partial charge in [-0.1, -0.05) is 36.9 Å². The highest BCUT2D eigenvalue weighted by Gasteiger charge is 2.39. The highest BCUT2D eigenvalue weighted by atomic mass is 32.2. The number of fused-ring (bicyclic) bond motifs is 1. The number of amides is 1. The average molecular weight is 567 g/mol. The molecule has 11 nitrogen and oxygen atoms in total. The standard InChI is InChI=1S/C25H30N2O9S2/c1-5-10-35-23(31)27-14-16(37-24(32)36-25(2,3)4)11-15(27)13-26-38(33,34)20-12-19(22(29)30)21(28)18-9-7-6-8-17(18)20/h5-9,12,15-16,26,28H,1,10-11,13-14H2,2-4H3,(H,29,30)/t15-,16-/m0/s1. The molecule has 2 aromatic carbocycles. The Labute approximate surface area is 224 Å². The third kappa shape index (κ3) is 6.97. The van der Waals surface area contributed by atoms with Gasteiger partial charge in [0.1, 0.15) is 23.5 Å². The molecule has 0 saturated carbocycles. The number of likely N-dealkylation sites (tertiary alicyclic amines) is 1. The molecule has 1 aliphatic heterocycles. The van der Waals surface area contributed by atoms with Crippen molar-refractivity contribution in [2.45, 2.75) is 49.0 Å². The summed E-state index contributed by atoms with van der Waals surface area (Å²) in [6, 6.07) is 6.22. The van der Waals surface area contributed by atoms with Crippen LogP contribution < -0.4 is 4.72 Å². The Morgan fingerprint density at radius 3 is 2.50 bits per heavy atom. The van der Waals surface area contributed by atoms with Gasteiger partial charge in [-0.2, -0.15) is 0 Å². The number of benzene rings is 2. The van der Waals surface area contributed by atoms with E-state index in [9.17, 15) is 33.0 Å². The maximum Gasteiger partial charge on any atom is 0.410 e. The Bertz CT molecular complexity index is 1350. The van der Waals surface area contributed by atoms with E-state index in [4.69, 9.17) is 9.47 Å². The van der Waals surface area contributed by atoms with E-state index in [0.717, 1.165) is 17.8 Å². The van der Waals surface area contributed by atoms with Crippen molar-refractivity contribution in [3.8, 4) is 5.75 Å². The number of aromatic hydroxyl groups is 1. The van der Waals surface area contributed by atoms with Gasteiger partial charge < -0.3 is 24.6 Å². The minimum atomic E-state index is -4.30. The predicted octanol–water partition coefficient (Wildman–Crippen LogP) is 3.96. The van der Waals surface area contributed by atoms with Crippen LogP contribution in [-0.4, -0.2) is 77.5 Å². The fraction of sp³-hybridized carbons (Fsp3) is 0.400. The molecule has 3 N–H and O–H groups in total. The number of aromatic carboxylic acids is 1. The van der Waals surface area contributed by atoms with Crippen molar-refractivity contribution in [2.75, 3.05) is 19.7 Å². The molecule has 1 aliphatic rings. The van der Waals surface area contributed by atoms with Gasteiger partial charge in [0.15, 0.2) is 0 Å². The third-order valence-corrected chi connectivity index (χ3v) is 8.01. The van der Waals surface area contributed by atoms with Gasteiger partial charge in [0.25, 0.3) is 0 Å². The number of rotatable bonds is 8. The number of carbonyl (C=O) groups is 3. The summed E-state index contributed by atoms with van der Waals surface area (Å²) in [7, 11) is -4.30. The van der Waals surface area contributed by atoms with Crippen LogP contribution in [0.2, 0.25) is 0 Å². The maximum atomic E-state index is 13.3. The van der Waals surface area contributed by atoms with E-state index < -0.39 is 50.3 Å². The van der Waals surface area contributed by atoms with Gasteiger partial charge in [0, 0.05) is 35.2 Å². The first-order valence-electron chi connectivity index (χ1n) is 11.6. The molecule has 2 aromatic rings. The lowest BCUT2D eigenvalue weighted by Gasteiger charge is -2.24. The summed E-state index contributed by atoms with van der Waals surface area (Å²) in [4.78, 5) is 37.6. The number of hydrogen-bond donors (Lipinski definition) is 3. The predicted molar refractivity (Wildman–Crippen MR) is 142 cm³/mol. The number of nitrogens with one attached hydrogen (secondary N) is 1. The molecule has 206 valence electrons. The minimum absolute atomic E-state index is 0.0465. The quantitative estimate of drug-likeness (QED) is 0.315. The van der Waals surface area contributed by atoms with E-state index in [1.54, 1.807) is 32.9 Å². The first kappa shape index (κ1) is 29.3. The summed E-state index contributed by atoms with van der Waals surface area (Å²) in [6.45, 7) is 8.56. The Hall–Kier alpha value is -3.29. The summed E-state index contributed by atoms with van der Waals surface area (Å²) >= 11 is 0.920. The van der Waals surface area contributed by atoms with E-state index in [1.165, 1.54) is 23.1 Å². The van der Waals surface area contributed by atoms with Gasteiger partial charge in [0.05, 0.1) is 4.90 Å². The highest BCUT2D eigenvalue weighted by Crippen LogP contribution is 2.35. The Morgan fingerprint density at radius 2 is 1.89 bits per heavy atom. The van der Waals surface area contributed by atoms with Crippen molar-refractivity contribution >= 4 is 49.9 Å².